The Morgan fingerprint density at radius 3 is 2.57 bits per heavy atom. The molecule has 0 N–H and O–H groups in total. The van der Waals surface area contributed by atoms with E-state index in [-0.39, 0.29) is 10.9 Å². The van der Waals surface area contributed by atoms with Crippen LogP contribution in [0.4, 0.5) is 0 Å². The summed E-state index contributed by atoms with van der Waals surface area (Å²) >= 11 is 5.64. The molecule has 2 rings (SSSR count). The highest BCUT2D eigenvalue weighted by atomic mass is 35.5. The standard InChI is InChI=1S/C10H5ClN2O/c11-9-8(6-12)13-10(14-9)7-4-2-1-3-5-7/h1-5H. The van der Waals surface area contributed by atoms with Gasteiger partial charge in [0.1, 0.15) is 6.07 Å². The molecule has 14 heavy (non-hydrogen) atoms. The largest absolute Gasteiger partial charge is 0.423 e. The van der Waals surface area contributed by atoms with Crippen molar-refractivity contribution in [3.63, 3.8) is 0 Å². The van der Waals surface area contributed by atoms with E-state index in [4.69, 9.17) is 21.3 Å². The lowest BCUT2D eigenvalue weighted by atomic mass is 10.2. The highest BCUT2D eigenvalue weighted by Crippen LogP contribution is 2.24. The lowest BCUT2D eigenvalue weighted by molar-refractivity contribution is 0.576. The molecule has 4 heteroatoms. The van der Waals surface area contributed by atoms with Crippen molar-refractivity contribution >= 4 is 11.6 Å². The first kappa shape index (κ1) is 8.79. The number of aromatic nitrogens is 1. The molecule has 0 amide bonds. The smallest absolute Gasteiger partial charge is 0.232 e. The summed E-state index contributed by atoms with van der Waals surface area (Å²) in [6.45, 7) is 0. The van der Waals surface area contributed by atoms with Crippen molar-refractivity contribution in [3.8, 4) is 17.5 Å². The predicted molar refractivity (Wildman–Crippen MR) is 51.7 cm³/mol. The minimum Gasteiger partial charge on any atom is -0.423 e. The van der Waals surface area contributed by atoms with E-state index < -0.39 is 0 Å². The molecule has 0 radical (unpaired) electrons. The maximum absolute atomic E-state index is 8.62. The van der Waals surface area contributed by atoms with Crippen LogP contribution in [0.15, 0.2) is 34.7 Å². The van der Waals surface area contributed by atoms with Crippen LogP contribution in [-0.4, -0.2) is 4.98 Å². The van der Waals surface area contributed by atoms with Gasteiger partial charge in [-0.25, -0.2) is 0 Å². The number of hydrogen-bond acceptors (Lipinski definition) is 3. The number of rotatable bonds is 1. The van der Waals surface area contributed by atoms with Gasteiger partial charge in [-0.1, -0.05) is 18.2 Å². The normalized spacial score (nSPS) is 9.71. The van der Waals surface area contributed by atoms with Gasteiger partial charge in [-0.3, -0.25) is 0 Å². The molecule has 1 heterocycles. The minimum absolute atomic E-state index is 0.0337. The summed E-state index contributed by atoms with van der Waals surface area (Å²) in [4.78, 5) is 3.94. The molecule has 2 aromatic rings. The summed E-state index contributed by atoms with van der Waals surface area (Å²) in [6, 6.07) is 11.1. The van der Waals surface area contributed by atoms with Crippen molar-refractivity contribution in [2.45, 2.75) is 0 Å². The van der Waals surface area contributed by atoms with Crippen molar-refractivity contribution in [2.75, 3.05) is 0 Å². The Morgan fingerprint density at radius 2 is 2.00 bits per heavy atom. The molecule has 3 nitrogen and oxygen atoms in total. The third-order valence-corrected chi connectivity index (χ3v) is 1.97. The molecule has 0 bridgehead atoms. The van der Waals surface area contributed by atoms with E-state index >= 15 is 0 Å². The van der Waals surface area contributed by atoms with E-state index in [1.807, 2.05) is 36.4 Å². The van der Waals surface area contributed by atoms with Gasteiger partial charge in [0.2, 0.25) is 11.1 Å². The average Bonchev–Trinajstić information content (AvgIpc) is 2.61. The summed E-state index contributed by atoms with van der Waals surface area (Å²) in [6.07, 6.45) is 0. The zero-order valence-electron chi connectivity index (χ0n) is 7.07. The quantitative estimate of drug-likeness (QED) is 0.718. The Balaban J connectivity index is 2.50. The van der Waals surface area contributed by atoms with Gasteiger partial charge < -0.3 is 4.42 Å². The van der Waals surface area contributed by atoms with Crippen LogP contribution in [0.2, 0.25) is 5.22 Å². The first-order chi connectivity index (χ1) is 6.81. The second-order valence-corrected chi connectivity index (χ2v) is 2.96. The van der Waals surface area contributed by atoms with Gasteiger partial charge in [0.05, 0.1) is 0 Å². The van der Waals surface area contributed by atoms with E-state index in [2.05, 4.69) is 4.98 Å². The van der Waals surface area contributed by atoms with Gasteiger partial charge in [0.25, 0.3) is 0 Å². The van der Waals surface area contributed by atoms with Gasteiger partial charge in [0.15, 0.2) is 5.69 Å². The third-order valence-electron chi connectivity index (χ3n) is 1.71. The van der Waals surface area contributed by atoms with Crippen LogP contribution in [0.3, 0.4) is 0 Å². The van der Waals surface area contributed by atoms with Gasteiger partial charge in [-0.05, 0) is 23.7 Å². The third kappa shape index (κ3) is 1.48. The Labute approximate surface area is 85.6 Å². The molecule has 0 aliphatic carbocycles. The fourth-order valence-corrected chi connectivity index (χ4v) is 1.23. The Kier molecular flexibility index (Phi) is 2.21. The van der Waals surface area contributed by atoms with Crippen molar-refractivity contribution in [1.82, 2.24) is 4.98 Å². The van der Waals surface area contributed by atoms with Crippen LogP contribution < -0.4 is 0 Å². The molecule has 0 saturated heterocycles. The minimum atomic E-state index is 0.0337. The molecular formula is C10H5ClN2O. The zero-order valence-corrected chi connectivity index (χ0v) is 7.82. The van der Waals surface area contributed by atoms with Gasteiger partial charge >= 0.3 is 0 Å². The molecular weight excluding hydrogens is 200 g/mol. The van der Waals surface area contributed by atoms with E-state index in [9.17, 15) is 0 Å². The summed E-state index contributed by atoms with van der Waals surface area (Å²) in [5.74, 6) is 0.368. The lowest BCUT2D eigenvalue weighted by Gasteiger charge is -1.91. The predicted octanol–water partition coefficient (Wildman–Crippen LogP) is 2.87. The molecule has 0 fully saturated rings. The second kappa shape index (κ2) is 3.52. The molecule has 0 saturated carbocycles. The fraction of sp³-hybridized carbons (Fsp3) is 0. The average molecular weight is 205 g/mol. The molecule has 1 aromatic heterocycles. The van der Waals surface area contributed by atoms with Crippen LogP contribution in [0, 0.1) is 11.3 Å². The van der Waals surface area contributed by atoms with Crippen LogP contribution in [0.1, 0.15) is 5.69 Å². The maximum Gasteiger partial charge on any atom is 0.232 e. The number of hydrogen-bond donors (Lipinski definition) is 0. The van der Waals surface area contributed by atoms with Crippen molar-refractivity contribution < 1.29 is 4.42 Å². The zero-order chi connectivity index (χ0) is 9.97. The Bertz CT molecular complexity index is 485. The first-order valence-electron chi connectivity index (χ1n) is 3.93. The monoisotopic (exact) mass is 204 g/mol. The van der Waals surface area contributed by atoms with Crippen molar-refractivity contribution in [3.05, 3.63) is 41.2 Å². The number of nitriles is 1. The van der Waals surface area contributed by atoms with E-state index in [0.29, 0.717) is 5.89 Å². The number of nitrogens with zero attached hydrogens (tertiary/aromatic N) is 2. The fourth-order valence-electron chi connectivity index (χ4n) is 1.07. The Hall–Kier alpha value is -1.79. The highest BCUT2D eigenvalue weighted by Gasteiger charge is 2.11. The lowest BCUT2D eigenvalue weighted by Crippen LogP contribution is -1.77. The Morgan fingerprint density at radius 1 is 1.29 bits per heavy atom. The highest BCUT2D eigenvalue weighted by molar-refractivity contribution is 6.29. The summed E-state index contributed by atoms with van der Waals surface area (Å²) < 4.78 is 5.12. The summed E-state index contributed by atoms with van der Waals surface area (Å²) in [7, 11) is 0. The van der Waals surface area contributed by atoms with Crippen molar-refractivity contribution in [1.29, 1.82) is 5.26 Å². The number of benzene rings is 1. The molecule has 68 valence electrons. The molecule has 1 aromatic carbocycles. The number of oxazole rings is 1. The van der Waals surface area contributed by atoms with Crippen LogP contribution in [0.5, 0.6) is 0 Å². The van der Waals surface area contributed by atoms with Crippen molar-refractivity contribution in [2.24, 2.45) is 0 Å². The molecule has 0 aliphatic rings. The maximum atomic E-state index is 8.62. The molecule has 0 atom stereocenters. The number of halogens is 1. The van der Waals surface area contributed by atoms with Crippen LogP contribution in [-0.2, 0) is 0 Å². The molecule has 0 spiro atoms. The first-order valence-corrected chi connectivity index (χ1v) is 4.31. The summed E-state index contributed by atoms with van der Waals surface area (Å²) in [5, 5.41) is 8.66. The molecule has 0 aliphatic heterocycles. The second-order valence-electron chi connectivity index (χ2n) is 2.62. The summed E-state index contributed by atoms with van der Waals surface area (Å²) in [5.41, 5.74) is 0.918. The van der Waals surface area contributed by atoms with Gasteiger partial charge in [-0.15, -0.1) is 0 Å². The molecule has 0 unspecified atom stereocenters. The van der Waals surface area contributed by atoms with Gasteiger partial charge in [-0.2, -0.15) is 10.2 Å². The van der Waals surface area contributed by atoms with E-state index in [0.717, 1.165) is 5.56 Å². The van der Waals surface area contributed by atoms with E-state index in [1.165, 1.54) is 0 Å². The SMILES string of the molecule is N#Cc1nc(-c2ccccc2)oc1Cl. The van der Waals surface area contributed by atoms with Crippen LogP contribution in [0.25, 0.3) is 11.5 Å². The topological polar surface area (TPSA) is 49.8 Å². The van der Waals surface area contributed by atoms with Crippen LogP contribution >= 0.6 is 11.6 Å². The van der Waals surface area contributed by atoms with Gasteiger partial charge in [0, 0.05) is 5.56 Å². The van der Waals surface area contributed by atoms with E-state index in [1.54, 1.807) is 0 Å².